The number of phenols is 1. The predicted molar refractivity (Wildman–Crippen MR) is 82.5 cm³/mol. The number of nitriles is 1. The number of nitrogens with zero attached hydrogens (tertiary/aromatic N) is 3. The minimum atomic E-state index is -0.258. The molecule has 0 amide bonds. The van der Waals surface area contributed by atoms with Crippen molar-refractivity contribution in [2.45, 2.75) is 13.0 Å². The second-order valence-electron chi connectivity index (χ2n) is 4.96. The van der Waals surface area contributed by atoms with Crippen LogP contribution < -0.4 is 5.56 Å². The van der Waals surface area contributed by atoms with Crippen molar-refractivity contribution in [2.75, 3.05) is 0 Å². The highest BCUT2D eigenvalue weighted by molar-refractivity contribution is 5.83. The Morgan fingerprint density at radius 2 is 1.77 bits per heavy atom. The average Bonchev–Trinajstić information content (AvgIpc) is 2.54. The van der Waals surface area contributed by atoms with E-state index in [1.165, 1.54) is 4.68 Å². The first-order valence-corrected chi connectivity index (χ1v) is 6.82. The van der Waals surface area contributed by atoms with E-state index >= 15 is 0 Å². The molecule has 1 heterocycles. The van der Waals surface area contributed by atoms with Gasteiger partial charge in [0.1, 0.15) is 12.3 Å². The fourth-order valence-electron chi connectivity index (χ4n) is 2.42. The first-order chi connectivity index (χ1) is 10.7. The van der Waals surface area contributed by atoms with Crippen LogP contribution in [-0.4, -0.2) is 14.9 Å². The summed E-state index contributed by atoms with van der Waals surface area (Å²) in [5.74, 6) is 0.205. The lowest BCUT2D eigenvalue weighted by Crippen LogP contribution is -2.24. The highest BCUT2D eigenvalue weighted by Gasteiger charge is 2.10. The molecule has 5 heteroatoms. The summed E-state index contributed by atoms with van der Waals surface area (Å²) in [5.41, 5.74) is 1.44. The Labute approximate surface area is 126 Å². The Morgan fingerprint density at radius 1 is 1.09 bits per heavy atom. The summed E-state index contributed by atoms with van der Waals surface area (Å²) in [6, 6.07) is 16.1. The summed E-state index contributed by atoms with van der Waals surface area (Å²) in [6.45, 7) is -0.0771. The third-order valence-electron chi connectivity index (χ3n) is 3.47. The molecule has 3 aromatic rings. The molecule has 0 fully saturated rings. The third-order valence-corrected chi connectivity index (χ3v) is 3.47. The summed E-state index contributed by atoms with van der Waals surface area (Å²) < 4.78 is 1.19. The van der Waals surface area contributed by atoms with Crippen molar-refractivity contribution >= 4 is 10.8 Å². The average molecular weight is 291 g/mol. The Morgan fingerprint density at radius 3 is 2.45 bits per heavy atom. The maximum absolute atomic E-state index is 12.3. The molecule has 0 atom stereocenters. The van der Waals surface area contributed by atoms with Gasteiger partial charge in [-0.25, -0.2) is 4.68 Å². The first kappa shape index (κ1) is 13.8. The van der Waals surface area contributed by atoms with Crippen molar-refractivity contribution in [3.05, 3.63) is 70.1 Å². The molecule has 0 aliphatic heterocycles. The number of hydrogen-bond acceptors (Lipinski definition) is 4. The van der Waals surface area contributed by atoms with Gasteiger partial charge in [-0.3, -0.25) is 4.79 Å². The molecule has 22 heavy (non-hydrogen) atoms. The quantitative estimate of drug-likeness (QED) is 0.802. The van der Waals surface area contributed by atoms with Gasteiger partial charge < -0.3 is 5.11 Å². The topological polar surface area (TPSA) is 78.9 Å². The molecule has 3 rings (SSSR count). The van der Waals surface area contributed by atoms with E-state index in [0.29, 0.717) is 11.8 Å². The Hall–Kier alpha value is -3.13. The minimum Gasteiger partial charge on any atom is -0.508 e. The maximum atomic E-state index is 12.3. The van der Waals surface area contributed by atoms with Crippen molar-refractivity contribution in [1.29, 1.82) is 5.26 Å². The largest absolute Gasteiger partial charge is 0.508 e. The molecule has 0 bridgehead atoms. The molecule has 2 aromatic carbocycles. The molecule has 0 saturated heterocycles. The van der Waals surface area contributed by atoms with E-state index in [9.17, 15) is 9.90 Å². The lowest BCUT2D eigenvalue weighted by molar-refractivity contribution is 0.475. The summed E-state index contributed by atoms with van der Waals surface area (Å²) in [7, 11) is 0. The van der Waals surface area contributed by atoms with Crippen LogP contribution in [0.4, 0.5) is 0 Å². The van der Waals surface area contributed by atoms with Gasteiger partial charge in [0.2, 0.25) is 0 Å². The van der Waals surface area contributed by atoms with Crippen molar-refractivity contribution in [3.8, 4) is 11.8 Å². The number of benzene rings is 2. The van der Waals surface area contributed by atoms with Crippen LogP contribution in [0.5, 0.6) is 5.75 Å². The van der Waals surface area contributed by atoms with Gasteiger partial charge in [-0.15, -0.1) is 0 Å². The fraction of sp³-hybridized carbons (Fsp3) is 0.118. The first-order valence-electron chi connectivity index (χ1n) is 6.82. The van der Waals surface area contributed by atoms with E-state index in [-0.39, 0.29) is 17.9 Å². The number of aromatic nitrogens is 2. The van der Waals surface area contributed by atoms with Gasteiger partial charge in [0.15, 0.2) is 0 Å². The minimum absolute atomic E-state index is 0.0771. The van der Waals surface area contributed by atoms with Crippen LogP contribution in [0.1, 0.15) is 11.3 Å². The van der Waals surface area contributed by atoms with Crippen LogP contribution in [0.15, 0.2) is 53.3 Å². The smallest absolute Gasteiger partial charge is 0.275 e. The monoisotopic (exact) mass is 291 g/mol. The molecule has 1 aromatic heterocycles. The SMILES string of the molecule is N#CCn1nc(Cc2ccc(O)cc2)c2ccccc2c1=O. The standard InChI is InChI=1S/C17H13N3O2/c18-9-10-20-17(22)15-4-2-1-3-14(15)16(19-20)11-12-5-7-13(21)8-6-12/h1-8,21H,10-11H2. The van der Waals surface area contributed by atoms with E-state index < -0.39 is 0 Å². The Balaban J connectivity index is 2.15. The van der Waals surface area contributed by atoms with Gasteiger partial charge in [-0.2, -0.15) is 10.4 Å². The second kappa shape index (κ2) is 5.70. The van der Waals surface area contributed by atoms with Gasteiger partial charge >= 0.3 is 0 Å². The number of phenolic OH excluding ortho intramolecular Hbond substituents is 1. The highest BCUT2D eigenvalue weighted by Crippen LogP contribution is 2.18. The number of fused-ring (bicyclic) bond motifs is 1. The highest BCUT2D eigenvalue weighted by atomic mass is 16.3. The molecule has 0 aliphatic carbocycles. The van der Waals surface area contributed by atoms with Crippen LogP contribution in [0.3, 0.4) is 0 Å². The molecule has 5 nitrogen and oxygen atoms in total. The number of hydrogen-bond donors (Lipinski definition) is 1. The number of rotatable bonds is 3. The van der Waals surface area contributed by atoms with Gasteiger partial charge in [-0.05, 0) is 23.8 Å². The fourth-order valence-corrected chi connectivity index (χ4v) is 2.42. The van der Waals surface area contributed by atoms with Crippen LogP contribution >= 0.6 is 0 Å². The van der Waals surface area contributed by atoms with Gasteiger partial charge in [0.05, 0.1) is 17.1 Å². The van der Waals surface area contributed by atoms with Crippen molar-refractivity contribution in [2.24, 2.45) is 0 Å². The summed E-state index contributed by atoms with van der Waals surface area (Å²) >= 11 is 0. The number of aromatic hydroxyl groups is 1. The van der Waals surface area contributed by atoms with Crippen molar-refractivity contribution in [3.63, 3.8) is 0 Å². The van der Waals surface area contributed by atoms with E-state index in [1.54, 1.807) is 24.3 Å². The maximum Gasteiger partial charge on any atom is 0.275 e. The normalized spacial score (nSPS) is 10.5. The van der Waals surface area contributed by atoms with Gasteiger partial charge in [0.25, 0.3) is 5.56 Å². The lowest BCUT2D eigenvalue weighted by atomic mass is 10.0. The zero-order chi connectivity index (χ0) is 15.5. The summed E-state index contributed by atoms with van der Waals surface area (Å²) in [4.78, 5) is 12.3. The molecule has 0 spiro atoms. The van der Waals surface area contributed by atoms with Crippen LogP contribution in [0.25, 0.3) is 10.8 Å². The molecule has 0 unspecified atom stereocenters. The molecular formula is C17H13N3O2. The third kappa shape index (κ3) is 2.54. The van der Waals surface area contributed by atoms with E-state index in [0.717, 1.165) is 16.6 Å². The molecule has 108 valence electrons. The van der Waals surface area contributed by atoms with E-state index in [1.807, 2.05) is 30.3 Å². The van der Waals surface area contributed by atoms with Crippen LogP contribution in [-0.2, 0) is 13.0 Å². The molecule has 0 radical (unpaired) electrons. The second-order valence-corrected chi connectivity index (χ2v) is 4.96. The van der Waals surface area contributed by atoms with E-state index in [2.05, 4.69) is 5.10 Å². The van der Waals surface area contributed by atoms with Crippen molar-refractivity contribution < 1.29 is 5.11 Å². The summed E-state index contributed by atoms with van der Waals surface area (Å²) in [5, 5.41) is 23.9. The molecule has 0 saturated carbocycles. The molecule has 0 aliphatic rings. The Bertz CT molecular complexity index is 921. The lowest BCUT2D eigenvalue weighted by Gasteiger charge is -2.09. The zero-order valence-corrected chi connectivity index (χ0v) is 11.7. The predicted octanol–water partition coefficient (Wildman–Crippen LogP) is 2.22. The Kier molecular flexibility index (Phi) is 3.58. The van der Waals surface area contributed by atoms with E-state index in [4.69, 9.17) is 5.26 Å². The molecular weight excluding hydrogens is 278 g/mol. The van der Waals surface area contributed by atoms with Crippen LogP contribution in [0.2, 0.25) is 0 Å². The van der Waals surface area contributed by atoms with Crippen LogP contribution in [0, 0.1) is 11.3 Å². The van der Waals surface area contributed by atoms with Crippen molar-refractivity contribution in [1.82, 2.24) is 9.78 Å². The summed E-state index contributed by atoms with van der Waals surface area (Å²) in [6.07, 6.45) is 0.520. The van der Waals surface area contributed by atoms with Gasteiger partial charge in [-0.1, -0.05) is 30.3 Å². The molecule has 1 N–H and O–H groups in total. The zero-order valence-electron chi connectivity index (χ0n) is 11.7. The van der Waals surface area contributed by atoms with Gasteiger partial charge in [0, 0.05) is 11.8 Å².